The van der Waals surface area contributed by atoms with Gasteiger partial charge in [0.15, 0.2) is 0 Å². The van der Waals surface area contributed by atoms with Crippen LogP contribution in [0.1, 0.15) is 19.4 Å². The zero-order valence-electron chi connectivity index (χ0n) is 11.5. The van der Waals surface area contributed by atoms with Crippen LogP contribution in [0.2, 0.25) is 0 Å². The van der Waals surface area contributed by atoms with Crippen LogP contribution in [0.3, 0.4) is 0 Å². The van der Waals surface area contributed by atoms with Crippen LogP contribution in [0.25, 0.3) is 0 Å². The van der Waals surface area contributed by atoms with Crippen molar-refractivity contribution in [3.63, 3.8) is 0 Å². The fourth-order valence-electron chi connectivity index (χ4n) is 1.74. The maximum absolute atomic E-state index is 12.8. The van der Waals surface area contributed by atoms with Gasteiger partial charge in [-0.25, -0.2) is 0 Å². The van der Waals surface area contributed by atoms with Gasteiger partial charge < -0.3 is 15.1 Å². The Labute approximate surface area is 123 Å². The fraction of sp³-hybridized carbons (Fsp3) is 0.455. The van der Waals surface area contributed by atoms with Crippen molar-refractivity contribution < 1.29 is 32.4 Å². The normalized spacial score (nSPS) is 15.2. The number of halogens is 3. The van der Waals surface area contributed by atoms with E-state index in [4.69, 9.17) is 9.79 Å². The van der Waals surface area contributed by atoms with Crippen molar-refractivity contribution in [2.75, 3.05) is 5.32 Å². The smallest absolute Gasteiger partial charge is 0.376 e. The van der Waals surface area contributed by atoms with E-state index in [2.05, 4.69) is 5.32 Å². The van der Waals surface area contributed by atoms with Crippen molar-refractivity contribution in [1.29, 1.82) is 0 Å². The van der Waals surface area contributed by atoms with E-state index < -0.39 is 47.3 Å². The zero-order chi connectivity index (χ0) is 17.3. The first kappa shape index (κ1) is 18.4. The molecule has 3 N–H and O–H groups in total. The molecular formula is C11H14F3N2O5P. The molecule has 0 aliphatic rings. The lowest BCUT2D eigenvalue weighted by atomic mass is 10.1. The van der Waals surface area contributed by atoms with E-state index in [0.717, 1.165) is 12.1 Å². The van der Waals surface area contributed by atoms with Gasteiger partial charge in [-0.05, 0) is 26.0 Å². The van der Waals surface area contributed by atoms with Crippen molar-refractivity contribution in [2.24, 2.45) is 0 Å². The molecule has 0 saturated carbocycles. The minimum atomic E-state index is -4.92. The molecule has 0 aliphatic heterocycles. The van der Waals surface area contributed by atoms with E-state index in [1.165, 1.54) is 13.8 Å². The molecule has 2 unspecified atom stereocenters. The maximum atomic E-state index is 12.8. The standard InChI is InChI=1S/C11H14F3N2O5P/c1-6(7(2)22(19,20)21)15-9-5-3-4-8(11(12,13)14)10(9)16(17)18/h3-7,15H,1-2H3,(H2,19,20,21). The summed E-state index contributed by atoms with van der Waals surface area (Å²) in [7, 11) is -4.49. The third kappa shape index (κ3) is 4.19. The minimum Gasteiger partial charge on any atom is -0.376 e. The molecule has 0 aromatic heterocycles. The summed E-state index contributed by atoms with van der Waals surface area (Å²) in [6.45, 7) is 2.51. The van der Waals surface area contributed by atoms with Crippen LogP contribution in [0.15, 0.2) is 18.2 Å². The highest BCUT2D eigenvalue weighted by Crippen LogP contribution is 2.44. The van der Waals surface area contributed by atoms with Crippen molar-refractivity contribution >= 4 is 19.0 Å². The molecule has 0 amide bonds. The number of hydrogen-bond acceptors (Lipinski definition) is 4. The van der Waals surface area contributed by atoms with Gasteiger partial charge in [0.25, 0.3) is 0 Å². The average molecular weight is 342 g/mol. The number of benzene rings is 1. The second-order valence-corrected chi connectivity index (χ2v) is 6.71. The van der Waals surface area contributed by atoms with Gasteiger partial charge in [0.1, 0.15) is 11.3 Å². The van der Waals surface area contributed by atoms with E-state index in [9.17, 15) is 27.9 Å². The molecule has 0 fully saturated rings. The van der Waals surface area contributed by atoms with Gasteiger partial charge in [0, 0.05) is 6.04 Å². The Balaban J connectivity index is 3.26. The summed E-state index contributed by atoms with van der Waals surface area (Å²) in [6, 6.07) is 1.62. The number of hydrogen-bond donors (Lipinski definition) is 3. The van der Waals surface area contributed by atoms with Gasteiger partial charge in [0.2, 0.25) is 0 Å². The highest BCUT2D eigenvalue weighted by Gasteiger charge is 2.40. The lowest BCUT2D eigenvalue weighted by molar-refractivity contribution is -0.387. The number of nitrogens with zero attached hydrogens (tertiary/aromatic N) is 1. The lowest BCUT2D eigenvalue weighted by Crippen LogP contribution is -2.29. The van der Waals surface area contributed by atoms with Gasteiger partial charge in [-0.15, -0.1) is 0 Å². The monoisotopic (exact) mass is 342 g/mol. The van der Waals surface area contributed by atoms with Crippen molar-refractivity contribution in [2.45, 2.75) is 31.7 Å². The molecule has 124 valence electrons. The van der Waals surface area contributed by atoms with E-state index in [1.54, 1.807) is 0 Å². The molecule has 1 aromatic carbocycles. The summed E-state index contributed by atoms with van der Waals surface area (Å²) in [5.41, 5.74) is -4.30. The Hall–Kier alpha value is -1.64. The van der Waals surface area contributed by atoms with Crippen LogP contribution in [-0.4, -0.2) is 26.4 Å². The van der Waals surface area contributed by atoms with Gasteiger partial charge in [-0.2, -0.15) is 13.2 Å². The highest BCUT2D eigenvalue weighted by molar-refractivity contribution is 7.52. The summed E-state index contributed by atoms with van der Waals surface area (Å²) in [5.74, 6) is 0. The number of nitro benzene ring substituents is 1. The molecule has 7 nitrogen and oxygen atoms in total. The average Bonchev–Trinajstić information content (AvgIpc) is 2.34. The molecule has 0 aliphatic carbocycles. The molecular weight excluding hydrogens is 328 g/mol. The number of rotatable bonds is 5. The maximum Gasteiger partial charge on any atom is 0.423 e. The van der Waals surface area contributed by atoms with Crippen LogP contribution in [-0.2, 0) is 10.7 Å². The third-order valence-corrected chi connectivity index (χ3v) is 4.67. The molecule has 22 heavy (non-hydrogen) atoms. The summed E-state index contributed by atoms with van der Waals surface area (Å²) in [5, 5.41) is 13.3. The second kappa shape index (κ2) is 6.23. The third-order valence-electron chi connectivity index (χ3n) is 3.16. The van der Waals surface area contributed by atoms with E-state index in [1.807, 2.05) is 0 Å². The van der Waals surface area contributed by atoms with Crippen LogP contribution in [0, 0.1) is 10.1 Å². The summed E-state index contributed by atoms with van der Waals surface area (Å²) in [4.78, 5) is 27.9. The SMILES string of the molecule is CC(Nc1cccc(C(F)(F)F)c1[N+](=O)[O-])C(C)P(=O)(O)O. The number of para-hydroxylation sites is 1. The molecule has 0 radical (unpaired) electrons. The number of alkyl halides is 3. The largest absolute Gasteiger partial charge is 0.423 e. The first-order valence-corrected chi connectivity index (χ1v) is 7.70. The van der Waals surface area contributed by atoms with Crippen LogP contribution in [0.4, 0.5) is 24.5 Å². The second-order valence-electron chi connectivity index (χ2n) is 4.72. The topological polar surface area (TPSA) is 113 Å². The Kier molecular flexibility index (Phi) is 5.21. The van der Waals surface area contributed by atoms with Gasteiger partial charge >= 0.3 is 19.5 Å². The van der Waals surface area contributed by atoms with Gasteiger partial charge in [0.05, 0.1) is 10.6 Å². The summed E-state index contributed by atoms with van der Waals surface area (Å²) in [6.07, 6.45) is -4.92. The molecule has 0 saturated heterocycles. The molecule has 1 rings (SSSR count). The van der Waals surface area contributed by atoms with E-state index in [-0.39, 0.29) is 0 Å². The molecule has 0 bridgehead atoms. The molecule has 0 spiro atoms. The van der Waals surface area contributed by atoms with Crippen molar-refractivity contribution in [1.82, 2.24) is 0 Å². The summed E-state index contributed by atoms with van der Waals surface area (Å²) < 4.78 is 49.6. The molecule has 1 aromatic rings. The molecule has 2 atom stereocenters. The molecule has 11 heteroatoms. The van der Waals surface area contributed by atoms with Crippen molar-refractivity contribution in [3.8, 4) is 0 Å². The van der Waals surface area contributed by atoms with Crippen LogP contribution in [0.5, 0.6) is 0 Å². The Morgan fingerprint density at radius 1 is 1.32 bits per heavy atom. The minimum absolute atomic E-state index is 0.451. The van der Waals surface area contributed by atoms with Crippen LogP contribution >= 0.6 is 7.60 Å². The Morgan fingerprint density at radius 2 is 1.86 bits per heavy atom. The Morgan fingerprint density at radius 3 is 2.27 bits per heavy atom. The van der Waals surface area contributed by atoms with Crippen LogP contribution < -0.4 is 5.32 Å². The first-order valence-electron chi connectivity index (χ1n) is 6.02. The highest BCUT2D eigenvalue weighted by atomic mass is 31.2. The number of nitro groups is 1. The predicted octanol–water partition coefficient (Wildman–Crippen LogP) is 2.98. The van der Waals surface area contributed by atoms with Gasteiger partial charge in [-0.1, -0.05) is 6.07 Å². The Bertz CT molecular complexity index is 616. The summed E-state index contributed by atoms with van der Waals surface area (Å²) >= 11 is 0. The van der Waals surface area contributed by atoms with Gasteiger partial charge in [-0.3, -0.25) is 14.7 Å². The fourth-order valence-corrected chi connectivity index (χ4v) is 2.40. The zero-order valence-corrected chi connectivity index (χ0v) is 12.4. The molecule has 0 heterocycles. The number of nitrogens with one attached hydrogen (secondary N) is 1. The quantitative estimate of drug-likeness (QED) is 0.431. The van der Waals surface area contributed by atoms with Crippen molar-refractivity contribution in [3.05, 3.63) is 33.9 Å². The lowest BCUT2D eigenvalue weighted by Gasteiger charge is -2.23. The van der Waals surface area contributed by atoms with E-state index in [0.29, 0.717) is 6.07 Å². The number of anilines is 1. The first-order chi connectivity index (χ1) is 9.85. The predicted molar refractivity (Wildman–Crippen MR) is 72.7 cm³/mol. The van der Waals surface area contributed by atoms with E-state index >= 15 is 0 Å².